The molecule has 0 aliphatic carbocycles. The van der Waals surface area contributed by atoms with Gasteiger partial charge in [0.05, 0.1) is 6.21 Å². The van der Waals surface area contributed by atoms with Crippen molar-refractivity contribution in [2.24, 2.45) is 5.16 Å². The van der Waals surface area contributed by atoms with Crippen LogP contribution in [0.25, 0.3) is 0 Å². The molecule has 0 aromatic heterocycles. The molecule has 3 nitrogen and oxygen atoms in total. The number of benzene rings is 1. The van der Waals surface area contributed by atoms with Crippen LogP contribution in [0.15, 0.2) is 42.3 Å². The van der Waals surface area contributed by atoms with E-state index in [2.05, 4.69) is 16.6 Å². The standard InChI is InChI=1S/C9H10N2O/c1-2-12-11-7-8-3-5-9(10)6-4-8/h2-7H,1,10H2/b11-7+. The fourth-order valence-electron chi connectivity index (χ4n) is 0.716. The Balaban J connectivity index is 2.64. The number of hydrogen-bond acceptors (Lipinski definition) is 3. The first-order chi connectivity index (χ1) is 5.83. The molecule has 0 aliphatic rings. The summed E-state index contributed by atoms with van der Waals surface area (Å²) in [6.45, 7) is 3.35. The van der Waals surface area contributed by atoms with Gasteiger partial charge in [-0.25, -0.2) is 0 Å². The normalized spacial score (nSPS) is 10.0. The van der Waals surface area contributed by atoms with Crippen LogP contribution >= 0.6 is 0 Å². The van der Waals surface area contributed by atoms with E-state index in [0.29, 0.717) is 0 Å². The highest BCUT2D eigenvalue weighted by Gasteiger charge is 1.86. The maximum Gasteiger partial charge on any atom is 0.114 e. The molecule has 0 spiro atoms. The largest absolute Gasteiger partial charge is 0.399 e. The molecule has 1 aromatic rings. The first-order valence-corrected chi connectivity index (χ1v) is 3.48. The van der Waals surface area contributed by atoms with Crippen molar-refractivity contribution < 1.29 is 4.84 Å². The van der Waals surface area contributed by atoms with Gasteiger partial charge < -0.3 is 10.6 Å². The zero-order valence-corrected chi connectivity index (χ0v) is 6.60. The lowest BCUT2D eigenvalue weighted by Gasteiger charge is -1.92. The van der Waals surface area contributed by atoms with Gasteiger partial charge >= 0.3 is 0 Å². The van der Waals surface area contributed by atoms with Gasteiger partial charge in [0, 0.05) is 5.69 Å². The minimum absolute atomic E-state index is 0.733. The van der Waals surface area contributed by atoms with Gasteiger partial charge in [0.2, 0.25) is 0 Å². The molecule has 62 valence electrons. The molecule has 1 aromatic carbocycles. The molecule has 1 rings (SSSR count). The van der Waals surface area contributed by atoms with E-state index in [4.69, 9.17) is 5.73 Å². The predicted octanol–water partition coefficient (Wildman–Crippen LogP) is 1.76. The van der Waals surface area contributed by atoms with Crippen molar-refractivity contribution in [2.45, 2.75) is 0 Å². The third-order valence-electron chi connectivity index (χ3n) is 1.27. The van der Waals surface area contributed by atoms with E-state index in [1.807, 2.05) is 12.1 Å². The second-order valence-electron chi connectivity index (χ2n) is 2.17. The quantitative estimate of drug-likeness (QED) is 0.318. The van der Waals surface area contributed by atoms with Crippen molar-refractivity contribution in [3.63, 3.8) is 0 Å². The molecule has 3 heteroatoms. The van der Waals surface area contributed by atoms with E-state index in [1.165, 1.54) is 6.26 Å². The molecule has 0 aliphatic heterocycles. The number of nitrogens with zero attached hydrogens (tertiary/aromatic N) is 1. The van der Waals surface area contributed by atoms with Crippen molar-refractivity contribution in [2.75, 3.05) is 5.73 Å². The lowest BCUT2D eigenvalue weighted by molar-refractivity contribution is 0.272. The highest BCUT2D eigenvalue weighted by atomic mass is 16.6. The van der Waals surface area contributed by atoms with Gasteiger partial charge in [-0.15, -0.1) is 0 Å². The van der Waals surface area contributed by atoms with Crippen LogP contribution in [-0.2, 0) is 4.84 Å². The van der Waals surface area contributed by atoms with Gasteiger partial charge in [0.25, 0.3) is 0 Å². The molecule has 0 atom stereocenters. The summed E-state index contributed by atoms with van der Waals surface area (Å²) in [4.78, 5) is 4.57. The van der Waals surface area contributed by atoms with Crippen molar-refractivity contribution in [1.29, 1.82) is 0 Å². The number of oxime groups is 1. The SMILES string of the molecule is C=CO/N=C/c1ccc(N)cc1. The summed E-state index contributed by atoms with van der Waals surface area (Å²) in [7, 11) is 0. The monoisotopic (exact) mass is 162 g/mol. The van der Waals surface area contributed by atoms with E-state index in [-0.39, 0.29) is 0 Å². The van der Waals surface area contributed by atoms with E-state index in [0.717, 1.165) is 11.3 Å². The van der Waals surface area contributed by atoms with E-state index in [1.54, 1.807) is 18.3 Å². The van der Waals surface area contributed by atoms with Crippen molar-refractivity contribution in [3.8, 4) is 0 Å². The third-order valence-corrected chi connectivity index (χ3v) is 1.27. The van der Waals surface area contributed by atoms with Gasteiger partial charge in [-0.05, 0) is 17.7 Å². The molecular weight excluding hydrogens is 152 g/mol. The number of nitrogens with two attached hydrogens (primary N) is 1. The van der Waals surface area contributed by atoms with Gasteiger partial charge in [0.15, 0.2) is 0 Å². The Morgan fingerprint density at radius 2 is 2.00 bits per heavy atom. The lowest BCUT2D eigenvalue weighted by atomic mass is 10.2. The van der Waals surface area contributed by atoms with Crippen LogP contribution in [0.2, 0.25) is 0 Å². The first kappa shape index (κ1) is 8.33. The second kappa shape index (κ2) is 4.18. The summed E-state index contributed by atoms with van der Waals surface area (Å²) in [5.41, 5.74) is 7.16. The zero-order valence-electron chi connectivity index (χ0n) is 6.60. The topological polar surface area (TPSA) is 47.6 Å². The van der Waals surface area contributed by atoms with Crippen LogP contribution in [0, 0.1) is 0 Å². The van der Waals surface area contributed by atoms with E-state index in [9.17, 15) is 0 Å². The Kier molecular flexibility index (Phi) is 2.90. The zero-order chi connectivity index (χ0) is 8.81. The summed E-state index contributed by atoms with van der Waals surface area (Å²) in [5.74, 6) is 0. The van der Waals surface area contributed by atoms with Crippen molar-refractivity contribution >= 4 is 11.9 Å². The summed E-state index contributed by atoms with van der Waals surface area (Å²) >= 11 is 0. The molecule has 0 saturated heterocycles. The van der Waals surface area contributed by atoms with Crippen LogP contribution in [0.1, 0.15) is 5.56 Å². The van der Waals surface area contributed by atoms with Crippen LogP contribution in [0.5, 0.6) is 0 Å². The molecule has 0 saturated carbocycles. The molecule has 0 fully saturated rings. The fourth-order valence-corrected chi connectivity index (χ4v) is 0.716. The van der Waals surface area contributed by atoms with Gasteiger partial charge in [-0.2, -0.15) is 0 Å². The Morgan fingerprint density at radius 3 is 2.58 bits per heavy atom. The number of rotatable bonds is 3. The van der Waals surface area contributed by atoms with E-state index < -0.39 is 0 Å². The summed E-state index contributed by atoms with van der Waals surface area (Å²) in [6, 6.07) is 7.31. The highest BCUT2D eigenvalue weighted by Crippen LogP contribution is 2.02. The Hall–Kier alpha value is -1.77. The Morgan fingerprint density at radius 1 is 1.33 bits per heavy atom. The van der Waals surface area contributed by atoms with Crippen LogP contribution in [0.3, 0.4) is 0 Å². The molecule has 2 N–H and O–H groups in total. The smallest absolute Gasteiger partial charge is 0.114 e. The number of nitrogen functional groups attached to an aromatic ring is 1. The average molecular weight is 162 g/mol. The van der Waals surface area contributed by atoms with Crippen LogP contribution in [-0.4, -0.2) is 6.21 Å². The van der Waals surface area contributed by atoms with Gasteiger partial charge in [-0.1, -0.05) is 23.9 Å². The average Bonchev–Trinajstić information content (AvgIpc) is 2.09. The molecule has 0 heterocycles. The molecular formula is C9H10N2O. The molecule has 0 amide bonds. The lowest BCUT2D eigenvalue weighted by Crippen LogP contribution is -1.85. The maximum absolute atomic E-state index is 5.49. The maximum atomic E-state index is 5.49. The Labute approximate surface area is 71.1 Å². The summed E-state index contributed by atoms with van der Waals surface area (Å²) < 4.78 is 0. The van der Waals surface area contributed by atoms with Gasteiger partial charge in [-0.3, -0.25) is 0 Å². The highest BCUT2D eigenvalue weighted by molar-refractivity contribution is 5.79. The minimum Gasteiger partial charge on any atom is -0.399 e. The first-order valence-electron chi connectivity index (χ1n) is 3.48. The van der Waals surface area contributed by atoms with E-state index >= 15 is 0 Å². The number of anilines is 1. The molecule has 0 radical (unpaired) electrons. The fraction of sp³-hybridized carbons (Fsp3) is 0. The van der Waals surface area contributed by atoms with Crippen LogP contribution in [0.4, 0.5) is 5.69 Å². The minimum atomic E-state index is 0.733. The summed E-state index contributed by atoms with van der Waals surface area (Å²) in [6.07, 6.45) is 2.84. The molecule has 0 unspecified atom stereocenters. The Bertz CT molecular complexity index is 277. The third kappa shape index (κ3) is 2.46. The molecule has 12 heavy (non-hydrogen) atoms. The van der Waals surface area contributed by atoms with Crippen LogP contribution < -0.4 is 5.73 Å². The second-order valence-corrected chi connectivity index (χ2v) is 2.17. The van der Waals surface area contributed by atoms with Gasteiger partial charge in [0.1, 0.15) is 6.26 Å². The number of hydrogen-bond donors (Lipinski definition) is 1. The molecule has 0 bridgehead atoms. The van der Waals surface area contributed by atoms with Crippen molar-refractivity contribution in [3.05, 3.63) is 42.7 Å². The summed E-state index contributed by atoms with van der Waals surface area (Å²) in [5, 5.41) is 3.61. The predicted molar refractivity (Wildman–Crippen MR) is 49.7 cm³/mol. The van der Waals surface area contributed by atoms with Crippen molar-refractivity contribution in [1.82, 2.24) is 0 Å².